The fourth-order valence-corrected chi connectivity index (χ4v) is 3.00. The van der Waals surface area contributed by atoms with Crippen LogP contribution >= 0.6 is 0 Å². The monoisotopic (exact) mass is 262 g/mol. The van der Waals surface area contributed by atoms with Gasteiger partial charge in [-0.25, -0.2) is 0 Å². The van der Waals surface area contributed by atoms with E-state index in [0.29, 0.717) is 19.4 Å². The van der Waals surface area contributed by atoms with Crippen LogP contribution < -0.4 is 0 Å². The van der Waals surface area contributed by atoms with E-state index in [2.05, 4.69) is 45.0 Å². The summed E-state index contributed by atoms with van der Waals surface area (Å²) in [7, 11) is 0. The fraction of sp³-hybridized carbons (Fsp3) is 0.647. The van der Waals surface area contributed by atoms with Crippen LogP contribution in [0.3, 0.4) is 0 Å². The van der Waals surface area contributed by atoms with Crippen LogP contribution in [0, 0.1) is 0 Å². The lowest BCUT2D eigenvalue weighted by Crippen LogP contribution is -2.45. The van der Waals surface area contributed by atoms with Gasteiger partial charge in [0.05, 0.1) is 17.8 Å². The maximum absolute atomic E-state index is 11.0. The summed E-state index contributed by atoms with van der Waals surface area (Å²) in [4.78, 5) is 0. The van der Waals surface area contributed by atoms with Crippen molar-refractivity contribution in [1.82, 2.24) is 0 Å². The molecule has 0 saturated carbocycles. The number of hydrogen-bond acceptors (Lipinski definition) is 2. The molecule has 1 saturated heterocycles. The molecule has 106 valence electrons. The van der Waals surface area contributed by atoms with Crippen molar-refractivity contribution in [2.24, 2.45) is 0 Å². The molecule has 2 atom stereocenters. The highest BCUT2D eigenvalue weighted by atomic mass is 16.5. The Morgan fingerprint density at radius 1 is 1.32 bits per heavy atom. The average Bonchev–Trinajstić information content (AvgIpc) is 2.39. The molecule has 0 aromatic heterocycles. The molecule has 1 aromatic rings. The van der Waals surface area contributed by atoms with E-state index in [1.54, 1.807) is 0 Å². The van der Waals surface area contributed by atoms with Crippen LogP contribution in [0.1, 0.15) is 57.6 Å². The summed E-state index contributed by atoms with van der Waals surface area (Å²) in [5.74, 6) is 0. The van der Waals surface area contributed by atoms with Gasteiger partial charge in [0.2, 0.25) is 0 Å². The second-order valence-corrected chi connectivity index (χ2v) is 6.06. The second-order valence-electron chi connectivity index (χ2n) is 6.06. The van der Waals surface area contributed by atoms with Crippen molar-refractivity contribution in [3.8, 4) is 0 Å². The topological polar surface area (TPSA) is 29.5 Å². The minimum atomic E-state index is -0.729. The molecule has 1 aromatic carbocycles. The average molecular weight is 262 g/mol. The number of rotatable bonds is 4. The Labute approximate surface area is 116 Å². The molecule has 0 bridgehead atoms. The summed E-state index contributed by atoms with van der Waals surface area (Å²) in [5.41, 5.74) is 1.44. The van der Waals surface area contributed by atoms with Crippen LogP contribution in [0.25, 0.3) is 0 Å². The maximum Gasteiger partial charge on any atom is 0.0945 e. The van der Waals surface area contributed by atoms with Crippen molar-refractivity contribution in [2.75, 3.05) is 6.61 Å². The van der Waals surface area contributed by atoms with Crippen molar-refractivity contribution < 1.29 is 9.84 Å². The van der Waals surface area contributed by atoms with Gasteiger partial charge in [-0.05, 0) is 30.9 Å². The van der Waals surface area contributed by atoms with Crippen LogP contribution in [-0.2, 0) is 16.8 Å². The summed E-state index contributed by atoms with van der Waals surface area (Å²) in [5, 5.41) is 11.0. The normalized spacial score (nSPS) is 31.4. The third-order valence-corrected chi connectivity index (χ3v) is 4.38. The Balaban J connectivity index is 2.26. The molecule has 0 radical (unpaired) electrons. The van der Waals surface area contributed by atoms with E-state index in [0.717, 1.165) is 24.8 Å². The predicted octanol–water partition coefficient (Wildman–Crippen LogP) is 3.81. The maximum atomic E-state index is 11.0. The van der Waals surface area contributed by atoms with Crippen LogP contribution in [-0.4, -0.2) is 17.3 Å². The smallest absolute Gasteiger partial charge is 0.0945 e. The lowest BCUT2D eigenvalue weighted by molar-refractivity contribution is -0.157. The number of ether oxygens (including phenoxy) is 1. The fourth-order valence-electron chi connectivity index (χ4n) is 3.00. The van der Waals surface area contributed by atoms with E-state index in [1.165, 1.54) is 5.56 Å². The van der Waals surface area contributed by atoms with Crippen molar-refractivity contribution in [2.45, 2.75) is 64.1 Å². The molecule has 2 heteroatoms. The molecule has 2 rings (SSSR count). The van der Waals surface area contributed by atoms with Crippen molar-refractivity contribution >= 4 is 0 Å². The molecule has 0 aliphatic carbocycles. The number of aliphatic hydroxyl groups is 1. The first kappa shape index (κ1) is 14.5. The molecule has 1 N–H and O–H groups in total. The lowest BCUT2D eigenvalue weighted by atomic mass is 9.77. The van der Waals surface area contributed by atoms with Gasteiger partial charge in [-0.2, -0.15) is 0 Å². The molecular formula is C17H26O2. The highest BCUT2D eigenvalue weighted by Crippen LogP contribution is 2.41. The van der Waals surface area contributed by atoms with E-state index in [9.17, 15) is 5.11 Å². The quantitative estimate of drug-likeness (QED) is 0.894. The van der Waals surface area contributed by atoms with Crippen molar-refractivity contribution in [3.05, 3.63) is 35.4 Å². The molecular weight excluding hydrogens is 236 g/mol. The third kappa shape index (κ3) is 3.18. The highest BCUT2D eigenvalue weighted by molar-refractivity contribution is 5.29. The van der Waals surface area contributed by atoms with Gasteiger partial charge in [0.25, 0.3) is 0 Å². The van der Waals surface area contributed by atoms with Gasteiger partial charge in [-0.15, -0.1) is 0 Å². The largest absolute Gasteiger partial charge is 0.385 e. The van der Waals surface area contributed by atoms with Crippen molar-refractivity contribution in [1.29, 1.82) is 0 Å². The van der Waals surface area contributed by atoms with Gasteiger partial charge in [-0.1, -0.05) is 44.5 Å². The summed E-state index contributed by atoms with van der Waals surface area (Å²) in [6, 6.07) is 8.44. The first-order chi connectivity index (χ1) is 9.01. The van der Waals surface area contributed by atoms with E-state index in [-0.39, 0.29) is 5.60 Å². The Kier molecular flexibility index (Phi) is 4.32. The minimum Gasteiger partial charge on any atom is -0.385 e. The third-order valence-electron chi connectivity index (χ3n) is 4.38. The second kappa shape index (κ2) is 5.64. The lowest BCUT2D eigenvalue weighted by Gasteiger charge is -2.43. The highest BCUT2D eigenvalue weighted by Gasteiger charge is 2.42. The number of hydrogen-bond donors (Lipinski definition) is 1. The first-order valence-electron chi connectivity index (χ1n) is 7.47. The van der Waals surface area contributed by atoms with Crippen LogP contribution in [0.5, 0.6) is 0 Å². The van der Waals surface area contributed by atoms with Gasteiger partial charge in [0, 0.05) is 12.8 Å². The van der Waals surface area contributed by atoms with E-state index >= 15 is 0 Å². The molecule has 0 amide bonds. The number of benzene rings is 1. The molecule has 2 unspecified atom stereocenters. The zero-order valence-corrected chi connectivity index (χ0v) is 12.4. The van der Waals surface area contributed by atoms with E-state index in [1.807, 2.05) is 0 Å². The Hall–Kier alpha value is -0.860. The molecule has 2 nitrogen and oxygen atoms in total. The van der Waals surface area contributed by atoms with E-state index < -0.39 is 5.60 Å². The van der Waals surface area contributed by atoms with Crippen molar-refractivity contribution in [3.63, 3.8) is 0 Å². The van der Waals surface area contributed by atoms with Gasteiger partial charge >= 0.3 is 0 Å². The standard InChI is InChI=1S/C17H26O2/c1-4-7-14-8-6-9-15(12-14)17(18)10-11-19-16(3,5-2)13-17/h6,8-9,12,18H,4-5,7,10-11,13H2,1-3H3. The molecule has 1 aliphatic heterocycles. The zero-order valence-electron chi connectivity index (χ0n) is 12.4. The van der Waals surface area contributed by atoms with Crippen LogP contribution in [0.2, 0.25) is 0 Å². The zero-order chi connectivity index (χ0) is 13.9. The molecule has 19 heavy (non-hydrogen) atoms. The number of aryl methyl sites for hydroxylation is 1. The summed E-state index contributed by atoms with van der Waals surface area (Å²) < 4.78 is 5.85. The van der Waals surface area contributed by atoms with E-state index in [4.69, 9.17) is 4.74 Å². The Morgan fingerprint density at radius 2 is 2.11 bits per heavy atom. The van der Waals surface area contributed by atoms with Gasteiger partial charge < -0.3 is 9.84 Å². The summed E-state index contributed by atoms with van der Waals surface area (Å²) >= 11 is 0. The molecule has 1 aliphatic rings. The van der Waals surface area contributed by atoms with Gasteiger partial charge in [0.15, 0.2) is 0 Å². The van der Waals surface area contributed by atoms with Crippen LogP contribution in [0.15, 0.2) is 24.3 Å². The Bertz CT molecular complexity index is 429. The predicted molar refractivity (Wildman–Crippen MR) is 78.2 cm³/mol. The first-order valence-corrected chi connectivity index (χ1v) is 7.47. The molecule has 0 spiro atoms. The summed E-state index contributed by atoms with van der Waals surface area (Å²) in [6.45, 7) is 7.05. The van der Waals surface area contributed by atoms with Crippen LogP contribution in [0.4, 0.5) is 0 Å². The Morgan fingerprint density at radius 3 is 2.79 bits per heavy atom. The SMILES string of the molecule is CCCc1cccc(C2(O)CCOC(C)(CC)C2)c1. The van der Waals surface area contributed by atoms with Gasteiger partial charge in [0.1, 0.15) is 0 Å². The minimum absolute atomic E-state index is 0.201. The molecule has 1 fully saturated rings. The van der Waals surface area contributed by atoms with Gasteiger partial charge in [-0.3, -0.25) is 0 Å². The molecule has 1 heterocycles. The summed E-state index contributed by atoms with van der Waals surface area (Å²) in [6.07, 6.45) is 4.53.